The number of esters is 1. The predicted octanol–water partition coefficient (Wildman–Crippen LogP) is 7.94. The number of allylic oxidation sites excluding steroid dienone is 7. The average Bonchev–Trinajstić information content (AvgIpc) is 3.10. The van der Waals surface area contributed by atoms with Crippen molar-refractivity contribution in [2.45, 2.75) is 79.8 Å². The molecule has 0 amide bonds. The van der Waals surface area contributed by atoms with Crippen molar-refractivity contribution in [3.05, 3.63) is 65.0 Å². The Morgan fingerprint density at radius 3 is 2.54 bits per heavy atom. The molecule has 1 aromatic heterocycles. The SMILES string of the molecule is CC=CC=C(C(C#N)=C(C)CC)c1ccc(C=CC2(CC)C(C)C(F)(F)CC3C(=O)OC(C)C32C)nc1. The number of ether oxygens (including phenoxy) is 1. The molecule has 0 radical (unpaired) electrons. The first-order valence-corrected chi connectivity index (χ1v) is 13.1. The van der Waals surface area contributed by atoms with Gasteiger partial charge in [-0.3, -0.25) is 9.78 Å². The molecule has 1 saturated heterocycles. The first-order valence-electron chi connectivity index (χ1n) is 13.1. The number of pyridine rings is 1. The largest absolute Gasteiger partial charge is 0.462 e. The lowest BCUT2D eigenvalue weighted by Crippen LogP contribution is -2.60. The Morgan fingerprint density at radius 2 is 2.00 bits per heavy atom. The molecule has 1 aliphatic heterocycles. The fourth-order valence-electron chi connectivity index (χ4n) is 6.30. The lowest BCUT2D eigenvalue weighted by Gasteiger charge is -2.57. The van der Waals surface area contributed by atoms with Gasteiger partial charge < -0.3 is 4.74 Å². The van der Waals surface area contributed by atoms with E-state index in [9.17, 15) is 10.1 Å². The molecule has 1 aliphatic carbocycles. The van der Waals surface area contributed by atoms with E-state index >= 15 is 8.78 Å². The van der Waals surface area contributed by atoms with Crippen LogP contribution in [-0.4, -0.2) is 23.0 Å². The van der Waals surface area contributed by atoms with E-state index in [0.29, 0.717) is 17.7 Å². The van der Waals surface area contributed by atoms with Crippen LogP contribution in [0.1, 0.15) is 79.0 Å². The molecule has 2 heterocycles. The highest BCUT2D eigenvalue weighted by atomic mass is 19.3. The Hall–Kier alpha value is -3.07. The highest BCUT2D eigenvalue weighted by molar-refractivity contribution is 5.84. The first kappa shape index (κ1) is 28.5. The molecule has 0 N–H and O–H groups in total. The Bertz CT molecular complexity index is 1190. The van der Waals surface area contributed by atoms with E-state index < -0.39 is 47.1 Å². The van der Waals surface area contributed by atoms with Crippen LogP contribution in [0.4, 0.5) is 8.78 Å². The summed E-state index contributed by atoms with van der Waals surface area (Å²) < 4.78 is 36.1. The number of carbonyl (C=O) groups is 1. The van der Waals surface area contributed by atoms with Crippen molar-refractivity contribution in [2.24, 2.45) is 22.7 Å². The van der Waals surface area contributed by atoms with E-state index in [1.165, 1.54) is 0 Å². The van der Waals surface area contributed by atoms with E-state index in [-0.39, 0.29) is 0 Å². The molecule has 1 aromatic rings. The van der Waals surface area contributed by atoms with Crippen molar-refractivity contribution < 1.29 is 18.3 Å². The van der Waals surface area contributed by atoms with E-state index in [4.69, 9.17) is 4.74 Å². The van der Waals surface area contributed by atoms with E-state index in [1.54, 1.807) is 19.2 Å². The standard InChI is InChI=1S/C31H38F2N2O2/c1-8-11-12-25(26(18-34)20(4)9-2)23-13-14-24(35-19-23)15-16-30(10-3)21(5)31(32,33)17-27-28(36)37-22(6)29(27,30)7/h8,11-16,19,21-22,27H,9-10,17H2,1-7H3. The molecule has 6 heteroatoms. The fourth-order valence-corrected chi connectivity index (χ4v) is 6.30. The van der Waals surface area contributed by atoms with Gasteiger partial charge in [0.1, 0.15) is 6.10 Å². The number of alkyl halides is 2. The summed E-state index contributed by atoms with van der Waals surface area (Å²) in [6.07, 6.45) is 11.3. The third-order valence-electron chi connectivity index (χ3n) is 9.06. The minimum Gasteiger partial charge on any atom is -0.462 e. The number of rotatable bonds is 7. The summed E-state index contributed by atoms with van der Waals surface area (Å²) in [6.45, 7) is 13.1. The monoisotopic (exact) mass is 508 g/mol. The zero-order valence-corrected chi connectivity index (χ0v) is 22.9. The number of carbonyl (C=O) groups excluding carboxylic acids is 1. The van der Waals surface area contributed by atoms with Gasteiger partial charge in [0.25, 0.3) is 5.92 Å². The van der Waals surface area contributed by atoms with Crippen LogP contribution in [0.2, 0.25) is 0 Å². The van der Waals surface area contributed by atoms with Crippen molar-refractivity contribution in [3.8, 4) is 6.07 Å². The average molecular weight is 509 g/mol. The molecular formula is C31H38F2N2O2. The molecular weight excluding hydrogens is 470 g/mol. The number of nitriles is 1. The second-order valence-corrected chi connectivity index (χ2v) is 10.5. The topological polar surface area (TPSA) is 63.0 Å². The summed E-state index contributed by atoms with van der Waals surface area (Å²) in [6, 6.07) is 6.06. The molecule has 0 aromatic carbocycles. The molecule has 0 bridgehead atoms. The number of cyclic esters (lactones) is 1. The van der Waals surface area contributed by atoms with Crippen molar-refractivity contribution in [1.29, 1.82) is 5.26 Å². The van der Waals surface area contributed by atoms with Crippen LogP contribution in [0.25, 0.3) is 11.6 Å². The molecule has 2 fully saturated rings. The Kier molecular flexibility index (Phi) is 8.27. The van der Waals surface area contributed by atoms with Crippen molar-refractivity contribution >= 4 is 17.6 Å². The van der Waals surface area contributed by atoms with Gasteiger partial charge in [-0.05, 0) is 45.8 Å². The van der Waals surface area contributed by atoms with Gasteiger partial charge in [-0.15, -0.1) is 0 Å². The van der Waals surface area contributed by atoms with E-state index in [2.05, 4.69) is 11.1 Å². The molecule has 1 saturated carbocycles. The van der Waals surface area contributed by atoms with Crippen molar-refractivity contribution in [1.82, 2.24) is 4.98 Å². The van der Waals surface area contributed by atoms with Gasteiger partial charge in [0, 0.05) is 40.5 Å². The van der Waals surface area contributed by atoms with Crippen LogP contribution in [-0.2, 0) is 9.53 Å². The molecule has 5 unspecified atom stereocenters. The Morgan fingerprint density at radius 1 is 1.30 bits per heavy atom. The normalized spacial score (nSPS) is 32.3. The number of hydrogen-bond acceptors (Lipinski definition) is 4. The Balaban J connectivity index is 2.05. The molecule has 198 valence electrons. The Labute approximate surface area is 219 Å². The van der Waals surface area contributed by atoms with Crippen LogP contribution in [0.15, 0.2) is 53.8 Å². The molecule has 4 nitrogen and oxygen atoms in total. The summed E-state index contributed by atoms with van der Waals surface area (Å²) in [7, 11) is 0. The second kappa shape index (κ2) is 10.7. The van der Waals surface area contributed by atoms with Crippen LogP contribution in [0.3, 0.4) is 0 Å². The molecule has 5 atom stereocenters. The number of aromatic nitrogens is 1. The zero-order chi connectivity index (χ0) is 27.6. The van der Waals surface area contributed by atoms with E-state index in [0.717, 1.165) is 23.1 Å². The zero-order valence-electron chi connectivity index (χ0n) is 22.9. The lowest BCUT2D eigenvalue weighted by atomic mass is 9.46. The number of fused-ring (bicyclic) bond motifs is 1. The molecule has 0 spiro atoms. The first-order chi connectivity index (χ1) is 17.4. The minimum atomic E-state index is -2.99. The predicted molar refractivity (Wildman–Crippen MR) is 143 cm³/mol. The fraction of sp³-hybridized carbons (Fsp3) is 0.516. The van der Waals surface area contributed by atoms with Gasteiger partial charge in [0.05, 0.1) is 23.3 Å². The number of halogens is 2. The molecule has 37 heavy (non-hydrogen) atoms. The maximum Gasteiger partial charge on any atom is 0.310 e. The molecule has 2 aliphatic rings. The van der Waals surface area contributed by atoms with Crippen molar-refractivity contribution in [3.63, 3.8) is 0 Å². The summed E-state index contributed by atoms with van der Waals surface area (Å²) in [4.78, 5) is 17.2. The van der Waals surface area contributed by atoms with Crippen LogP contribution < -0.4 is 0 Å². The second-order valence-electron chi connectivity index (χ2n) is 10.5. The number of hydrogen-bond donors (Lipinski definition) is 0. The smallest absolute Gasteiger partial charge is 0.310 e. The maximum atomic E-state index is 15.3. The highest BCUT2D eigenvalue weighted by Gasteiger charge is 2.71. The van der Waals surface area contributed by atoms with Gasteiger partial charge in [-0.2, -0.15) is 5.26 Å². The summed E-state index contributed by atoms with van der Waals surface area (Å²) in [5.41, 5.74) is 2.10. The van der Waals surface area contributed by atoms with Gasteiger partial charge in [0.15, 0.2) is 0 Å². The summed E-state index contributed by atoms with van der Waals surface area (Å²) >= 11 is 0. The van der Waals surface area contributed by atoms with Gasteiger partial charge >= 0.3 is 5.97 Å². The van der Waals surface area contributed by atoms with Crippen molar-refractivity contribution in [2.75, 3.05) is 0 Å². The summed E-state index contributed by atoms with van der Waals surface area (Å²) in [5.74, 6) is -5.35. The number of nitrogens with zero attached hydrogens (tertiary/aromatic N) is 2. The van der Waals surface area contributed by atoms with Gasteiger partial charge in [-0.1, -0.05) is 63.6 Å². The third-order valence-corrected chi connectivity index (χ3v) is 9.06. The highest BCUT2D eigenvalue weighted by Crippen LogP contribution is 2.67. The van der Waals surface area contributed by atoms with Crippen LogP contribution in [0.5, 0.6) is 0 Å². The third kappa shape index (κ3) is 4.69. The minimum absolute atomic E-state index is 0.440. The van der Waals surface area contributed by atoms with Crippen LogP contribution in [0, 0.1) is 34.0 Å². The summed E-state index contributed by atoms with van der Waals surface area (Å²) in [5, 5.41) is 9.80. The maximum absolute atomic E-state index is 15.3. The van der Waals surface area contributed by atoms with Crippen LogP contribution >= 0.6 is 0 Å². The van der Waals surface area contributed by atoms with Gasteiger partial charge in [-0.25, -0.2) is 8.78 Å². The lowest BCUT2D eigenvalue weighted by molar-refractivity contribution is -0.197. The molecule has 3 rings (SSSR count). The quantitative estimate of drug-likeness (QED) is 0.213. The van der Waals surface area contributed by atoms with Gasteiger partial charge in [0.2, 0.25) is 0 Å². The van der Waals surface area contributed by atoms with E-state index in [1.807, 2.05) is 78.0 Å².